The molecule has 0 saturated heterocycles. The molecular formula is C30H39N3O7. The molecule has 3 aliphatic carbocycles. The highest BCUT2D eigenvalue weighted by Crippen LogP contribution is 2.54. The van der Waals surface area contributed by atoms with Gasteiger partial charge in [-0.05, 0) is 50.9 Å². The summed E-state index contributed by atoms with van der Waals surface area (Å²) in [6.07, 6.45) is 6.16. The number of anilines is 1. The summed E-state index contributed by atoms with van der Waals surface area (Å²) in [6, 6.07) is 0.770. The van der Waals surface area contributed by atoms with Gasteiger partial charge >= 0.3 is 0 Å². The minimum atomic E-state index is -2.65. The van der Waals surface area contributed by atoms with Crippen LogP contribution >= 0.6 is 0 Å². The number of carbonyl (C=O) groups is 3. The summed E-state index contributed by atoms with van der Waals surface area (Å²) in [5, 5.41) is 45.8. The van der Waals surface area contributed by atoms with Crippen molar-refractivity contribution in [3.05, 3.63) is 51.8 Å². The number of rotatable bonds is 7. The van der Waals surface area contributed by atoms with Gasteiger partial charge in [-0.2, -0.15) is 0 Å². The largest absolute Gasteiger partial charge is 0.508 e. The number of nitrogens with zero attached hydrogens (tertiary/aromatic N) is 2. The summed E-state index contributed by atoms with van der Waals surface area (Å²) in [5.41, 5.74) is 3.83. The van der Waals surface area contributed by atoms with E-state index in [-0.39, 0.29) is 35.6 Å². The molecule has 0 spiro atoms. The Morgan fingerprint density at radius 1 is 1.20 bits per heavy atom. The van der Waals surface area contributed by atoms with Crippen molar-refractivity contribution in [3.63, 3.8) is 0 Å². The van der Waals surface area contributed by atoms with Gasteiger partial charge in [0.25, 0.3) is 5.91 Å². The second-order valence-electron chi connectivity index (χ2n) is 11.5. The molecule has 0 heterocycles. The molecule has 10 heteroatoms. The van der Waals surface area contributed by atoms with Crippen molar-refractivity contribution in [1.82, 2.24) is 4.90 Å². The van der Waals surface area contributed by atoms with Gasteiger partial charge in [0, 0.05) is 42.8 Å². The predicted octanol–water partition coefficient (Wildman–Crippen LogP) is 2.49. The molecule has 0 bridgehead atoms. The number of likely N-dealkylation sites (N-methyl/N-ethyl adjacent to an activating group) is 1. The number of carbonyl (C=O) groups excluding carboxylic acids is 3. The van der Waals surface area contributed by atoms with Crippen LogP contribution in [0.4, 0.5) is 5.69 Å². The van der Waals surface area contributed by atoms with Crippen LogP contribution in [0.25, 0.3) is 5.76 Å². The van der Waals surface area contributed by atoms with E-state index < -0.39 is 58.0 Å². The molecule has 10 nitrogen and oxygen atoms in total. The molecule has 0 aliphatic heterocycles. The molecule has 1 aromatic carbocycles. The molecule has 40 heavy (non-hydrogen) atoms. The molecule has 1 saturated carbocycles. The molecular weight excluding hydrogens is 514 g/mol. The Hall–Kier alpha value is -3.63. The number of ketones is 2. The number of aliphatic hydroxyl groups excluding tert-OH is 2. The van der Waals surface area contributed by atoms with Crippen LogP contribution in [0.3, 0.4) is 0 Å². The van der Waals surface area contributed by atoms with Crippen LogP contribution in [0.5, 0.6) is 5.75 Å². The van der Waals surface area contributed by atoms with Crippen molar-refractivity contribution in [1.29, 1.82) is 0 Å². The minimum Gasteiger partial charge on any atom is -0.508 e. The standard InChI is InChI=1S/C30H39N3O7/c1-7-8-9-10-14(2)16-13-19(32(3)4)17-11-15-12-18-23(33(5)6)26(36)22(29(31)39)28(38)30(18,40)27(37)20(15)25(35)21(17)24(16)34/h9-10,13-15,18,23,34-35,38,40H,7-8,11-12H2,1-6H3,(H2,31,39)/b10-9+/t14?,15-,18-,23-,30-/m0/s1. The zero-order chi connectivity index (χ0) is 29.8. The van der Waals surface area contributed by atoms with Crippen LogP contribution in [0.1, 0.15) is 55.7 Å². The Labute approximate surface area is 234 Å². The van der Waals surface area contributed by atoms with Gasteiger partial charge in [-0.15, -0.1) is 0 Å². The SMILES string of the molecule is CCC/C=C/C(C)c1cc(N(C)C)c2c(c1O)C(O)=C1C(=O)[C@]3(O)C(O)=C(C(N)=O)C(=O)[C@@H](N(C)C)[C@@H]3C[C@@H]1C2. The zero-order valence-corrected chi connectivity index (χ0v) is 23.9. The fourth-order valence-electron chi connectivity index (χ4n) is 6.63. The first-order chi connectivity index (χ1) is 18.7. The van der Waals surface area contributed by atoms with Gasteiger partial charge in [-0.3, -0.25) is 19.3 Å². The Morgan fingerprint density at radius 3 is 2.40 bits per heavy atom. The molecule has 6 N–H and O–H groups in total. The number of Topliss-reactive ketones (excluding diaryl/α,β-unsaturated/α-hetero) is 2. The second-order valence-corrected chi connectivity index (χ2v) is 11.5. The normalized spacial score (nSPS) is 27.1. The number of phenols is 1. The van der Waals surface area contributed by atoms with Crippen molar-refractivity contribution in [2.24, 2.45) is 17.6 Å². The lowest BCUT2D eigenvalue weighted by atomic mass is 9.57. The van der Waals surface area contributed by atoms with Crippen molar-refractivity contribution in [3.8, 4) is 5.75 Å². The number of nitrogens with two attached hydrogens (primary N) is 1. The monoisotopic (exact) mass is 553 g/mol. The van der Waals surface area contributed by atoms with E-state index in [1.807, 2.05) is 44.1 Å². The maximum Gasteiger partial charge on any atom is 0.255 e. The summed E-state index contributed by atoms with van der Waals surface area (Å²) < 4.78 is 0. The summed E-state index contributed by atoms with van der Waals surface area (Å²) in [7, 11) is 6.86. The quantitative estimate of drug-likeness (QED) is 0.252. The number of fused-ring (bicyclic) bond motifs is 3. The lowest BCUT2D eigenvalue weighted by Gasteiger charge is -2.50. The number of hydrogen-bond donors (Lipinski definition) is 5. The van der Waals surface area contributed by atoms with Crippen molar-refractivity contribution in [2.75, 3.05) is 33.1 Å². The molecule has 216 valence electrons. The van der Waals surface area contributed by atoms with Crippen molar-refractivity contribution < 1.29 is 34.8 Å². The number of hydrogen-bond acceptors (Lipinski definition) is 9. The van der Waals surface area contributed by atoms with Crippen molar-refractivity contribution in [2.45, 2.75) is 57.1 Å². The van der Waals surface area contributed by atoms with Crippen LogP contribution in [0.15, 0.2) is 35.1 Å². The maximum atomic E-state index is 14.1. The topological polar surface area (TPSA) is 165 Å². The van der Waals surface area contributed by atoms with Gasteiger partial charge in [0.15, 0.2) is 11.4 Å². The molecule has 0 aromatic heterocycles. The zero-order valence-electron chi connectivity index (χ0n) is 23.9. The maximum absolute atomic E-state index is 14.1. The van der Waals surface area contributed by atoms with E-state index >= 15 is 0 Å². The highest BCUT2D eigenvalue weighted by molar-refractivity contribution is 6.24. The highest BCUT2D eigenvalue weighted by Gasteiger charge is 2.64. The van der Waals surface area contributed by atoms with Crippen molar-refractivity contribution >= 4 is 28.9 Å². The van der Waals surface area contributed by atoms with Crippen LogP contribution < -0.4 is 10.6 Å². The third-order valence-corrected chi connectivity index (χ3v) is 8.58. The van der Waals surface area contributed by atoms with Gasteiger partial charge in [0.05, 0.1) is 11.6 Å². The van der Waals surface area contributed by atoms with Gasteiger partial charge in [0.2, 0.25) is 5.78 Å². The van der Waals surface area contributed by atoms with Gasteiger partial charge in [-0.25, -0.2) is 0 Å². The smallest absolute Gasteiger partial charge is 0.255 e. The number of aliphatic hydroxyl groups is 3. The highest BCUT2D eigenvalue weighted by atomic mass is 16.3. The third kappa shape index (κ3) is 4.21. The number of unbranched alkanes of at least 4 members (excludes halogenated alkanes) is 1. The number of benzene rings is 1. The van der Waals surface area contributed by atoms with Gasteiger partial charge in [-0.1, -0.05) is 32.4 Å². The van der Waals surface area contributed by atoms with Crippen LogP contribution in [-0.4, -0.2) is 82.6 Å². The first kappa shape index (κ1) is 29.4. The van der Waals surface area contributed by atoms with Gasteiger partial charge in [0.1, 0.15) is 22.8 Å². The molecule has 1 aromatic rings. The van der Waals surface area contributed by atoms with Crippen LogP contribution in [-0.2, 0) is 20.8 Å². The first-order valence-electron chi connectivity index (χ1n) is 13.6. The number of amides is 1. The Bertz CT molecular complexity index is 1370. The summed E-state index contributed by atoms with van der Waals surface area (Å²) >= 11 is 0. The minimum absolute atomic E-state index is 0.0529. The lowest BCUT2D eigenvalue weighted by Crippen LogP contribution is -2.65. The number of aromatic hydroxyl groups is 1. The van der Waals surface area contributed by atoms with E-state index in [2.05, 4.69) is 6.92 Å². The van der Waals surface area contributed by atoms with Crippen LogP contribution in [0, 0.1) is 11.8 Å². The molecule has 5 atom stereocenters. The second kappa shape index (κ2) is 10.4. The summed E-state index contributed by atoms with van der Waals surface area (Å²) in [5.74, 6) is -6.70. The predicted molar refractivity (Wildman–Crippen MR) is 151 cm³/mol. The molecule has 1 fully saturated rings. The summed E-state index contributed by atoms with van der Waals surface area (Å²) in [4.78, 5) is 42.8. The van der Waals surface area contributed by atoms with E-state index in [1.54, 1.807) is 14.1 Å². The molecule has 4 rings (SSSR count). The fourth-order valence-corrected chi connectivity index (χ4v) is 6.63. The van der Waals surface area contributed by atoms with Gasteiger partial charge < -0.3 is 31.1 Å². The van der Waals surface area contributed by atoms with E-state index in [4.69, 9.17) is 5.73 Å². The third-order valence-electron chi connectivity index (χ3n) is 8.58. The average Bonchev–Trinajstić information content (AvgIpc) is 2.85. The number of phenolic OH excluding ortho intramolecular Hbond substituents is 1. The van der Waals surface area contributed by atoms with E-state index in [0.29, 0.717) is 11.1 Å². The number of allylic oxidation sites excluding steroid dienone is 2. The number of primary amides is 1. The molecule has 0 radical (unpaired) electrons. The Morgan fingerprint density at radius 2 is 1.85 bits per heavy atom. The van der Waals surface area contributed by atoms with E-state index in [0.717, 1.165) is 18.5 Å². The Balaban J connectivity index is 1.97. The molecule has 1 amide bonds. The average molecular weight is 554 g/mol. The van der Waals surface area contributed by atoms with E-state index in [9.17, 15) is 34.8 Å². The van der Waals surface area contributed by atoms with E-state index in [1.165, 1.54) is 4.90 Å². The fraction of sp³-hybridized carbons (Fsp3) is 0.500. The molecule has 1 unspecified atom stereocenters. The van der Waals surface area contributed by atoms with Crippen LogP contribution in [0.2, 0.25) is 0 Å². The summed E-state index contributed by atoms with van der Waals surface area (Å²) in [6.45, 7) is 3.99. The Kier molecular flexibility index (Phi) is 7.64. The first-order valence-corrected chi connectivity index (χ1v) is 13.6. The lowest BCUT2D eigenvalue weighted by molar-refractivity contribution is -0.153. The molecule has 3 aliphatic rings.